The van der Waals surface area contributed by atoms with Gasteiger partial charge in [0.15, 0.2) is 0 Å². The van der Waals surface area contributed by atoms with Gasteiger partial charge in [-0.2, -0.15) is 0 Å². The summed E-state index contributed by atoms with van der Waals surface area (Å²) >= 11 is 5.94. The minimum atomic E-state index is -1.23. The van der Waals surface area contributed by atoms with Crippen molar-refractivity contribution in [1.82, 2.24) is 4.57 Å². The number of phenolic OH excluding ortho intramolecular Hbond substituents is 1. The van der Waals surface area contributed by atoms with Crippen LogP contribution < -0.4 is 0 Å². The van der Waals surface area contributed by atoms with Crippen molar-refractivity contribution in [3.05, 3.63) is 64.3 Å². The summed E-state index contributed by atoms with van der Waals surface area (Å²) in [7, 11) is 0. The van der Waals surface area contributed by atoms with E-state index in [4.69, 9.17) is 11.6 Å². The molecule has 0 unspecified atom stereocenters. The summed E-state index contributed by atoms with van der Waals surface area (Å²) in [6, 6.07) is 11.2. The molecule has 0 aliphatic heterocycles. The third kappa shape index (κ3) is 3.29. The van der Waals surface area contributed by atoms with E-state index >= 15 is 0 Å². The Bertz CT molecular complexity index is 1100. The fourth-order valence-corrected chi connectivity index (χ4v) is 4.14. The molecule has 0 bridgehead atoms. The Labute approximate surface area is 174 Å². The lowest BCUT2D eigenvalue weighted by Gasteiger charge is -2.32. The molecule has 1 heterocycles. The molecule has 1 aromatic heterocycles. The molecule has 0 amide bonds. The molecule has 0 saturated heterocycles. The van der Waals surface area contributed by atoms with Gasteiger partial charge in [-0.3, -0.25) is 14.2 Å². The maximum atomic E-state index is 13.3. The topological polar surface area (TPSA) is 79.5 Å². The average molecular weight is 414 g/mol. The number of carbonyl (C=O) groups excluding carboxylic acids is 1. The van der Waals surface area contributed by atoms with E-state index in [2.05, 4.69) is 0 Å². The zero-order valence-electron chi connectivity index (χ0n) is 16.9. The monoisotopic (exact) mass is 413 g/mol. The van der Waals surface area contributed by atoms with Crippen LogP contribution in [-0.4, -0.2) is 26.7 Å². The van der Waals surface area contributed by atoms with Crippen LogP contribution in [0, 0.1) is 12.8 Å². The molecular weight excluding hydrogens is 390 g/mol. The fourth-order valence-electron chi connectivity index (χ4n) is 4.02. The zero-order valence-corrected chi connectivity index (χ0v) is 17.6. The number of carboxylic acids is 1. The fraction of sp³-hybridized carbons (Fsp3) is 0.304. The van der Waals surface area contributed by atoms with Gasteiger partial charge in [0.2, 0.25) is 0 Å². The van der Waals surface area contributed by atoms with E-state index in [0.717, 1.165) is 0 Å². The van der Waals surface area contributed by atoms with Crippen LogP contribution in [0.2, 0.25) is 5.02 Å². The van der Waals surface area contributed by atoms with Crippen LogP contribution in [0.25, 0.3) is 10.9 Å². The summed E-state index contributed by atoms with van der Waals surface area (Å²) in [5.41, 5.74) is 0.875. The minimum absolute atomic E-state index is 0.0201. The standard InChI is InChI=1S/C23H24ClNO4/c1-5-13(2)23(4,22(28)29)20-14(3)25(19-11-10-17(26)12-18(19)20)21(27)15-6-8-16(24)9-7-15/h6-13,26H,5H2,1-4H3,(H,28,29)/t13-,23-/m0/s1. The van der Waals surface area contributed by atoms with Gasteiger partial charge in [-0.1, -0.05) is 31.9 Å². The van der Waals surface area contributed by atoms with Crippen LogP contribution in [0.1, 0.15) is 48.8 Å². The number of aromatic nitrogens is 1. The van der Waals surface area contributed by atoms with Gasteiger partial charge < -0.3 is 10.2 Å². The largest absolute Gasteiger partial charge is 0.508 e. The second-order valence-corrected chi connectivity index (χ2v) is 8.06. The molecule has 0 saturated carbocycles. The van der Waals surface area contributed by atoms with E-state index in [1.165, 1.54) is 16.7 Å². The van der Waals surface area contributed by atoms with Crippen molar-refractivity contribution in [2.45, 2.75) is 39.5 Å². The maximum absolute atomic E-state index is 13.3. The molecule has 2 N–H and O–H groups in total. The first-order valence-electron chi connectivity index (χ1n) is 9.51. The summed E-state index contributed by atoms with van der Waals surface area (Å²) in [6.07, 6.45) is 0.652. The summed E-state index contributed by atoms with van der Waals surface area (Å²) in [4.78, 5) is 25.8. The molecule has 6 heteroatoms. The number of benzene rings is 2. The Hall–Kier alpha value is -2.79. The van der Waals surface area contributed by atoms with Crippen molar-refractivity contribution in [3.8, 4) is 5.75 Å². The highest BCUT2D eigenvalue weighted by atomic mass is 35.5. The van der Waals surface area contributed by atoms with E-state index in [1.54, 1.807) is 44.2 Å². The first-order valence-corrected chi connectivity index (χ1v) is 9.88. The Kier molecular flexibility index (Phi) is 5.46. The van der Waals surface area contributed by atoms with Crippen molar-refractivity contribution in [1.29, 1.82) is 0 Å². The first-order chi connectivity index (χ1) is 13.6. The second-order valence-electron chi connectivity index (χ2n) is 7.63. The number of hydrogen-bond acceptors (Lipinski definition) is 3. The van der Waals surface area contributed by atoms with Gasteiger partial charge >= 0.3 is 5.97 Å². The zero-order chi connectivity index (χ0) is 21.5. The van der Waals surface area contributed by atoms with Crippen LogP contribution in [0.15, 0.2) is 42.5 Å². The summed E-state index contributed by atoms with van der Waals surface area (Å²) < 4.78 is 1.52. The first kappa shape index (κ1) is 20.9. The van der Waals surface area contributed by atoms with Gasteiger partial charge in [-0.15, -0.1) is 0 Å². The predicted molar refractivity (Wildman–Crippen MR) is 114 cm³/mol. The van der Waals surface area contributed by atoms with Gasteiger partial charge in [0.25, 0.3) is 5.91 Å². The molecule has 5 nitrogen and oxygen atoms in total. The number of fused-ring (bicyclic) bond motifs is 1. The molecule has 2 aromatic carbocycles. The number of carboxylic acid groups (broad SMARTS) is 1. The lowest BCUT2D eigenvalue weighted by Crippen LogP contribution is -2.39. The number of aliphatic carboxylic acids is 1. The van der Waals surface area contributed by atoms with Crippen molar-refractivity contribution < 1.29 is 19.8 Å². The van der Waals surface area contributed by atoms with Crippen LogP contribution in [0.5, 0.6) is 5.75 Å². The third-order valence-electron chi connectivity index (χ3n) is 6.04. The number of hydrogen-bond donors (Lipinski definition) is 2. The Morgan fingerprint density at radius 3 is 2.34 bits per heavy atom. The van der Waals surface area contributed by atoms with Gasteiger partial charge in [-0.25, -0.2) is 0 Å². The van der Waals surface area contributed by atoms with Crippen LogP contribution in [0.4, 0.5) is 0 Å². The molecule has 3 rings (SSSR count). The maximum Gasteiger partial charge on any atom is 0.314 e. The van der Waals surface area contributed by atoms with Gasteiger partial charge in [0, 0.05) is 21.7 Å². The highest BCUT2D eigenvalue weighted by molar-refractivity contribution is 6.30. The van der Waals surface area contributed by atoms with Gasteiger partial charge in [-0.05, 0) is 67.8 Å². The van der Waals surface area contributed by atoms with Gasteiger partial charge in [0.05, 0.1) is 10.9 Å². The van der Waals surface area contributed by atoms with Crippen LogP contribution in [-0.2, 0) is 10.2 Å². The normalized spacial score (nSPS) is 14.5. The number of nitrogens with zero attached hydrogens (tertiary/aromatic N) is 1. The van der Waals surface area contributed by atoms with E-state index < -0.39 is 11.4 Å². The smallest absolute Gasteiger partial charge is 0.314 e. The van der Waals surface area contributed by atoms with Crippen molar-refractivity contribution in [2.24, 2.45) is 5.92 Å². The molecule has 0 spiro atoms. The summed E-state index contributed by atoms with van der Waals surface area (Å²) in [5.74, 6) is -1.41. The minimum Gasteiger partial charge on any atom is -0.508 e. The Morgan fingerprint density at radius 2 is 1.79 bits per heavy atom. The van der Waals surface area contributed by atoms with Gasteiger partial charge in [0.1, 0.15) is 5.75 Å². The van der Waals surface area contributed by atoms with E-state index in [1.807, 2.05) is 13.8 Å². The van der Waals surface area contributed by atoms with Crippen molar-refractivity contribution in [2.75, 3.05) is 0 Å². The molecule has 2 atom stereocenters. The summed E-state index contributed by atoms with van der Waals surface area (Å²) in [5, 5.41) is 21.3. The number of phenols is 1. The highest BCUT2D eigenvalue weighted by Crippen LogP contribution is 2.43. The molecule has 0 fully saturated rings. The lowest BCUT2D eigenvalue weighted by molar-refractivity contribution is -0.145. The molecule has 3 aromatic rings. The second kappa shape index (κ2) is 7.56. The van der Waals surface area contributed by atoms with Crippen molar-refractivity contribution in [3.63, 3.8) is 0 Å². The number of carbonyl (C=O) groups is 2. The Balaban J connectivity index is 2.37. The number of aromatic hydroxyl groups is 1. The van der Waals surface area contributed by atoms with E-state index in [9.17, 15) is 19.8 Å². The molecule has 0 aliphatic carbocycles. The van der Waals surface area contributed by atoms with Crippen LogP contribution in [0.3, 0.4) is 0 Å². The number of rotatable bonds is 5. The number of halogens is 1. The van der Waals surface area contributed by atoms with E-state index in [0.29, 0.717) is 39.2 Å². The van der Waals surface area contributed by atoms with Crippen molar-refractivity contribution >= 4 is 34.4 Å². The molecular formula is C23H24ClNO4. The molecule has 29 heavy (non-hydrogen) atoms. The lowest BCUT2D eigenvalue weighted by atomic mass is 9.70. The summed E-state index contributed by atoms with van der Waals surface area (Å²) in [6.45, 7) is 7.27. The van der Waals surface area contributed by atoms with E-state index in [-0.39, 0.29) is 17.6 Å². The molecule has 0 aliphatic rings. The average Bonchev–Trinajstić information content (AvgIpc) is 2.97. The quantitative estimate of drug-likeness (QED) is 0.588. The van der Waals surface area contributed by atoms with Crippen LogP contribution >= 0.6 is 11.6 Å². The molecule has 0 radical (unpaired) electrons. The molecule has 152 valence electrons. The SMILES string of the molecule is CC[C@H](C)[C@](C)(C(=O)O)c1c(C)n(C(=O)c2ccc(Cl)cc2)c2ccc(O)cc12. The Morgan fingerprint density at radius 1 is 1.17 bits per heavy atom. The highest BCUT2D eigenvalue weighted by Gasteiger charge is 2.44. The predicted octanol–water partition coefficient (Wildman–Crippen LogP) is 5.39. The third-order valence-corrected chi connectivity index (χ3v) is 6.30.